The molecule has 1 aromatic carbocycles. The fourth-order valence-corrected chi connectivity index (χ4v) is 3.24. The van der Waals surface area contributed by atoms with E-state index in [9.17, 15) is 0 Å². The van der Waals surface area contributed by atoms with Crippen molar-refractivity contribution in [2.75, 3.05) is 13.1 Å². The maximum atomic E-state index is 2.64. The van der Waals surface area contributed by atoms with Gasteiger partial charge in [0.05, 0.1) is 0 Å². The third-order valence-corrected chi connectivity index (χ3v) is 4.51. The minimum absolute atomic E-state index is 0.974. The second-order valence-electron chi connectivity index (χ2n) is 6.01. The highest BCUT2D eigenvalue weighted by molar-refractivity contribution is 5.37. The van der Waals surface area contributed by atoms with Crippen molar-refractivity contribution in [1.82, 2.24) is 4.90 Å². The molecule has 0 aliphatic carbocycles. The van der Waals surface area contributed by atoms with Gasteiger partial charge in [0, 0.05) is 6.54 Å². The van der Waals surface area contributed by atoms with Gasteiger partial charge in [0.1, 0.15) is 0 Å². The van der Waals surface area contributed by atoms with Crippen molar-refractivity contribution in [2.45, 2.75) is 53.5 Å². The van der Waals surface area contributed by atoms with E-state index in [4.69, 9.17) is 0 Å². The molecule has 1 heteroatoms. The summed E-state index contributed by atoms with van der Waals surface area (Å²) >= 11 is 0. The monoisotopic (exact) mass is 245 g/mol. The minimum atomic E-state index is 0.974. The molecule has 1 nitrogen and oxygen atoms in total. The number of likely N-dealkylation sites (tertiary alicyclic amines) is 1. The molecular formula is C17H27N. The summed E-state index contributed by atoms with van der Waals surface area (Å²) in [7, 11) is 0. The fourth-order valence-electron chi connectivity index (χ4n) is 3.24. The van der Waals surface area contributed by atoms with Crippen LogP contribution in [-0.2, 0) is 6.54 Å². The molecule has 0 bridgehead atoms. The standard InChI is InChI=1S/C17H27N/c1-5-16-6-8-18(9-7-16)12-17-14(3)10-13(2)11-15(17)4/h10-11,16H,5-9,12H2,1-4H3. The topological polar surface area (TPSA) is 3.24 Å². The summed E-state index contributed by atoms with van der Waals surface area (Å²) in [5.74, 6) is 0.974. The molecule has 0 saturated carbocycles. The molecule has 1 aliphatic rings. The molecule has 18 heavy (non-hydrogen) atoms. The molecule has 0 radical (unpaired) electrons. The average Bonchev–Trinajstić information content (AvgIpc) is 2.34. The van der Waals surface area contributed by atoms with E-state index in [1.165, 1.54) is 49.0 Å². The molecule has 100 valence electrons. The highest BCUT2D eigenvalue weighted by Crippen LogP contribution is 2.24. The summed E-state index contributed by atoms with van der Waals surface area (Å²) in [6.07, 6.45) is 4.14. The van der Waals surface area contributed by atoms with Gasteiger partial charge in [-0.2, -0.15) is 0 Å². The van der Waals surface area contributed by atoms with Gasteiger partial charge in [0.2, 0.25) is 0 Å². The van der Waals surface area contributed by atoms with E-state index in [0.29, 0.717) is 0 Å². The van der Waals surface area contributed by atoms with Crippen LogP contribution in [0.4, 0.5) is 0 Å². The molecule has 1 heterocycles. The van der Waals surface area contributed by atoms with E-state index in [2.05, 4.69) is 44.7 Å². The summed E-state index contributed by atoms with van der Waals surface area (Å²) < 4.78 is 0. The van der Waals surface area contributed by atoms with Crippen molar-refractivity contribution in [2.24, 2.45) is 5.92 Å². The van der Waals surface area contributed by atoms with E-state index in [-0.39, 0.29) is 0 Å². The number of hydrogen-bond donors (Lipinski definition) is 0. The van der Waals surface area contributed by atoms with Crippen LogP contribution in [0.2, 0.25) is 0 Å². The Morgan fingerprint density at radius 2 is 1.61 bits per heavy atom. The van der Waals surface area contributed by atoms with E-state index in [1.54, 1.807) is 5.56 Å². The minimum Gasteiger partial charge on any atom is -0.299 e. The normalized spacial score (nSPS) is 18.2. The van der Waals surface area contributed by atoms with Crippen molar-refractivity contribution in [1.29, 1.82) is 0 Å². The zero-order valence-corrected chi connectivity index (χ0v) is 12.4. The molecule has 2 rings (SSSR count). The van der Waals surface area contributed by atoms with Gasteiger partial charge in [0.25, 0.3) is 0 Å². The van der Waals surface area contributed by atoms with Gasteiger partial charge in [0.15, 0.2) is 0 Å². The van der Waals surface area contributed by atoms with Crippen LogP contribution in [0.25, 0.3) is 0 Å². The molecule has 0 amide bonds. The first-order valence-electron chi connectivity index (χ1n) is 7.39. The second kappa shape index (κ2) is 5.88. The second-order valence-corrected chi connectivity index (χ2v) is 6.01. The molecule has 0 atom stereocenters. The molecule has 1 fully saturated rings. The van der Waals surface area contributed by atoms with Gasteiger partial charge in [-0.3, -0.25) is 4.90 Å². The third kappa shape index (κ3) is 3.14. The van der Waals surface area contributed by atoms with Crippen LogP contribution >= 0.6 is 0 Å². The molecule has 0 aromatic heterocycles. The molecule has 1 aliphatic heterocycles. The predicted octanol–water partition coefficient (Wildman–Crippen LogP) is 4.23. The third-order valence-electron chi connectivity index (χ3n) is 4.51. The first-order chi connectivity index (χ1) is 8.60. The lowest BCUT2D eigenvalue weighted by Crippen LogP contribution is -2.33. The van der Waals surface area contributed by atoms with Gasteiger partial charge < -0.3 is 0 Å². The Labute approximate surface area is 112 Å². The Bertz CT molecular complexity index is 377. The summed E-state index contributed by atoms with van der Waals surface area (Å²) in [4.78, 5) is 2.64. The number of nitrogens with zero attached hydrogens (tertiary/aromatic N) is 1. The molecule has 1 aromatic rings. The smallest absolute Gasteiger partial charge is 0.0238 e. The largest absolute Gasteiger partial charge is 0.299 e. The van der Waals surface area contributed by atoms with Gasteiger partial charge >= 0.3 is 0 Å². The lowest BCUT2D eigenvalue weighted by atomic mass is 9.93. The van der Waals surface area contributed by atoms with Gasteiger partial charge in [-0.05, 0) is 69.3 Å². The Hall–Kier alpha value is -0.820. The Morgan fingerprint density at radius 1 is 1.06 bits per heavy atom. The van der Waals surface area contributed by atoms with Crippen molar-refractivity contribution in [3.8, 4) is 0 Å². The Morgan fingerprint density at radius 3 is 2.11 bits per heavy atom. The zero-order valence-electron chi connectivity index (χ0n) is 12.4. The maximum absolute atomic E-state index is 2.64. The molecule has 0 unspecified atom stereocenters. The predicted molar refractivity (Wildman–Crippen MR) is 78.9 cm³/mol. The number of aryl methyl sites for hydroxylation is 3. The van der Waals surface area contributed by atoms with E-state index >= 15 is 0 Å². The van der Waals surface area contributed by atoms with Crippen LogP contribution in [0.3, 0.4) is 0 Å². The molecule has 0 N–H and O–H groups in total. The summed E-state index contributed by atoms with van der Waals surface area (Å²) in [6.45, 7) is 12.7. The van der Waals surface area contributed by atoms with Crippen LogP contribution in [0.15, 0.2) is 12.1 Å². The van der Waals surface area contributed by atoms with Crippen LogP contribution < -0.4 is 0 Å². The maximum Gasteiger partial charge on any atom is 0.0238 e. The first kappa shape index (κ1) is 13.6. The fraction of sp³-hybridized carbons (Fsp3) is 0.647. The van der Waals surface area contributed by atoms with Crippen LogP contribution in [0.1, 0.15) is 48.4 Å². The summed E-state index contributed by atoms with van der Waals surface area (Å²) in [5.41, 5.74) is 5.87. The highest BCUT2D eigenvalue weighted by Gasteiger charge is 2.18. The SMILES string of the molecule is CCC1CCN(Cc2c(C)cc(C)cc2C)CC1. The number of hydrogen-bond acceptors (Lipinski definition) is 1. The number of benzene rings is 1. The summed E-state index contributed by atoms with van der Waals surface area (Å²) in [5, 5.41) is 0. The highest BCUT2D eigenvalue weighted by atomic mass is 15.1. The van der Waals surface area contributed by atoms with Crippen LogP contribution in [0.5, 0.6) is 0 Å². The lowest BCUT2D eigenvalue weighted by molar-refractivity contribution is 0.174. The zero-order chi connectivity index (χ0) is 13.1. The molecule has 1 saturated heterocycles. The van der Waals surface area contributed by atoms with Gasteiger partial charge in [-0.1, -0.05) is 31.0 Å². The lowest BCUT2D eigenvalue weighted by Gasteiger charge is -2.32. The number of rotatable bonds is 3. The summed E-state index contributed by atoms with van der Waals surface area (Å²) in [6, 6.07) is 4.64. The van der Waals surface area contributed by atoms with Crippen molar-refractivity contribution in [3.63, 3.8) is 0 Å². The molecular weight excluding hydrogens is 218 g/mol. The van der Waals surface area contributed by atoms with Gasteiger partial charge in [-0.25, -0.2) is 0 Å². The van der Waals surface area contributed by atoms with E-state index in [1.807, 2.05) is 0 Å². The quantitative estimate of drug-likeness (QED) is 0.770. The van der Waals surface area contributed by atoms with E-state index < -0.39 is 0 Å². The van der Waals surface area contributed by atoms with Crippen LogP contribution in [-0.4, -0.2) is 18.0 Å². The average molecular weight is 245 g/mol. The molecule has 0 spiro atoms. The van der Waals surface area contributed by atoms with Crippen molar-refractivity contribution >= 4 is 0 Å². The van der Waals surface area contributed by atoms with Crippen LogP contribution in [0, 0.1) is 26.7 Å². The number of piperidine rings is 1. The van der Waals surface area contributed by atoms with E-state index in [0.717, 1.165) is 12.5 Å². The Balaban J connectivity index is 2.02. The van der Waals surface area contributed by atoms with Gasteiger partial charge in [-0.15, -0.1) is 0 Å². The Kier molecular flexibility index (Phi) is 4.45. The van der Waals surface area contributed by atoms with Crippen molar-refractivity contribution in [3.05, 3.63) is 34.4 Å². The van der Waals surface area contributed by atoms with Crippen molar-refractivity contribution < 1.29 is 0 Å². The first-order valence-corrected chi connectivity index (χ1v) is 7.39.